The van der Waals surface area contributed by atoms with Crippen molar-refractivity contribution in [2.24, 2.45) is 33.5 Å². The molecular weight excluding hydrogens is 1280 g/mol. The van der Waals surface area contributed by atoms with E-state index in [-0.39, 0.29) is 40.5 Å². The lowest BCUT2D eigenvalue weighted by Crippen LogP contribution is -2.69. The maximum Gasteiger partial charge on any atom is 0.187 e. The van der Waals surface area contributed by atoms with Crippen molar-refractivity contribution in [3.8, 4) is 0 Å². The second-order valence-corrected chi connectivity index (χ2v) is 29.7. The van der Waals surface area contributed by atoms with E-state index in [1.54, 1.807) is 0 Å². The number of rotatable bonds is 19. The van der Waals surface area contributed by atoms with Crippen LogP contribution in [0.15, 0.2) is 11.1 Å². The van der Waals surface area contributed by atoms with Gasteiger partial charge in [-0.05, 0) is 87.4 Å². The van der Waals surface area contributed by atoms with Crippen molar-refractivity contribution in [3.05, 3.63) is 11.1 Å². The Balaban J connectivity index is 0.823. The van der Waals surface area contributed by atoms with Gasteiger partial charge in [0.2, 0.25) is 0 Å². The van der Waals surface area contributed by atoms with Gasteiger partial charge < -0.3 is 153 Å². The van der Waals surface area contributed by atoms with Gasteiger partial charge >= 0.3 is 0 Å². The molecular formula is C64H104O32. The summed E-state index contributed by atoms with van der Waals surface area (Å²) in [5.74, 6) is 0.225. The monoisotopic (exact) mass is 1380 g/mol. The Morgan fingerprint density at radius 2 is 1.02 bits per heavy atom. The fourth-order valence-electron chi connectivity index (χ4n) is 18.6. The van der Waals surface area contributed by atoms with Gasteiger partial charge in [0.05, 0.1) is 57.5 Å². The Hall–Kier alpha value is -1.83. The van der Waals surface area contributed by atoms with Crippen molar-refractivity contribution in [3.63, 3.8) is 0 Å². The molecule has 7 heterocycles. The maximum atomic E-state index is 13.1. The molecule has 0 aromatic heterocycles. The van der Waals surface area contributed by atoms with Crippen molar-refractivity contribution in [2.45, 2.75) is 309 Å². The van der Waals surface area contributed by atoms with Gasteiger partial charge in [-0.25, -0.2) is 0 Å². The number of ketones is 1. The lowest BCUT2D eigenvalue weighted by Gasteiger charge is -2.63. The second kappa shape index (κ2) is 29.0. The SMILES string of the molecule is CCC(=O)[C@@H]1C[C@@H](C)[C@]2(CC[C@@]3(C)C4=C(CC[C@@]32C)[C@@]2(C)CC[C@H](O[C@@H]3O[C@H](CO[C@H]5OC[C@@H](O)[C@@H](O)[C@@H]5O[C@@H]5O[C@H](CO)[C@@H](O)[C@H](O[C@@H]6O[C@H](CO)[C@H](O)[C@H](O)[C@H]6O[C@@H]6O[C@H](CO)[C@@H](O)[C@H](O)[C@H]6O)[C@H]5O[C@@H]5O[C@@H](C)[C@H](O)[C@@H](O)[C@H]5O)[C@@H](O)[C@H](O)[C@H]3O)[C@](C)(CO)[C@@H]2CC4)O1. The van der Waals surface area contributed by atoms with E-state index < -0.39 is 234 Å². The Bertz CT molecular complexity index is 2680. The minimum Gasteiger partial charge on any atom is -0.396 e. The lowest BCUT2D eigenvalue weighted by molar-refractivity contribution is -0.414. The van der Waals surface area contributed by atoms with Gasteiger partial charge in [0.15, 0.2) is 43.5 Å². The summed E-state index contributed by atoms with van der Waals surface area (Å²) < 4.78 is 79.8. The van der Waals surface area contributed by atoms with Gasteiger partial charge in [-0.1, -0.05) is 52.7 Å². The first-order chi connectivity index (χ1) is 45.3. The number of Topliss-reactive ketones (excluding diaryl/α,β-unsaturated/α-hetero) is 1. The minimum atomic E-state index is -2.16. The predicted octanol–water partition coefficient (Wildman–Crippen LogP) is -5.79. The molecule has 7 saturated heterocycles. The van der Waals surface area contributed by atoms with Crippen LogP contribution in [-0.4, -0.2) is 333 Å². The summed E-state index contributed by atoms with van der Waals surface area (Å²) in [6.07, 6.45) is -49.2. The molecule has 4 aliphatic carbocycles. The van der Waals surface area contributed by atoms with E-state index in [2.05, 4.69) is 27.7 Å². The molecule has 0 amide bonds. The van der Waals surface area contributed by atoms with Crippen LogP contribution in [0.1, 0.15) is 113 Å². The van der Waals surface area contributed by atoms with Crippen LogP contribution in [0.4, 0.5) is 0 Å². The third-order valence-corrected chi connectivity index (χ3v) is 24.7. The molecule has 32 nitrogen and oxygen atoms in total. The molecule has 0 radical (unpaired) electrons. The van der Waals surface area contributed by atoms with Crippen molar-refractivity contribution in [1.82, 2.24) is 0 Å². The van der Waals surface area contributed by atoms with Crippen LogP contribution in [0, 0.1) is 33.5 Å². The predicted molar refractivity (Wildman–Crippen MR) is 318 cm³/mol. The molecule has 11 aliphatic rings. The summed E-state index contributed by atoms with van der Waals surface area (Å²) in [5.41, 5.74) is 0.687. The van der Waals surface area contributed by atoms with Gasteiger partial charge in [0, 0.05) is 17.3 Å². The van der Waals surface area contributed by atoms with Crippen LogP contribution < -0.4 is 0 Å². The van der Waals surface area contributed by atoms with Gasteiger partial charge in [-0.2, -0.15) is 0 Å². The minimum absolute atomic E-state index is 0.113. The van der Waals surface area contributed by atoms with Crippen molar-refractivity contribution >= 4 is 5.78 Å². The zero-order valence-corrected chi connectivity index (χ0v) is 55.1. The molecule has 0 aromatic carbocycles. The molecule has 2 saturated carbocycles. The molecule has 96 heavy (non-hydrogen) atoms. The normalized spacial score (nSPS) is 54.6. The van der Waals surface area contributed by atoms with Crippen molar-refractivity contribution in [2.75, 3.05) is 39.6 Å². The summed E-state index contributed by atoms with van der Waals surface area (Å²) >= 11 is 0. The van der Waals surface area contributed by atoms with E-state index in [0.29, 0.717) is 32.1 Å². The molecule has 18 N–H and O–H groups in total. The largest absolute Gasteiger partial charge is 0.396 e. The number of hydrogen-bond acceptors (Lipinski definition) is 32. The molecule has 7 aliphatic heterocycles. The van der Waals surface area contributed by atoms with E-state index in [9.17, 15) is 96.7 Å². The zero-order valence-electron chi connectivity index (χ0n) is 55.1. The Morgan fingerprint density at radius 1 is 0.500 bits per heavy atom. The Morgan fingerprint density at radius 3 is 1.65 bits per heavy atom. The average molecular weight is 1390 g/mol. The van der Waals surface area contributed by atoms with E-state index >= 15 is 0 Å². The molecule has 0 aromatic rings. The molecule has 32 heteroatoms. The molecule has 11 rings (SSSR count). The summed E-state index contributed by atoms with van der Waals surface area (Å²) in [7, 11) is 0. The van der Waals surface area contributed by atoms with E-state index in [4.69, 9.17) is 61.6 Å². The zero-order chi connectivity index (χ0) is 69.8. The maximum absolute atomic E-state index is 13.1. The molecule has 9 fully saturated rings. The summed E-state index contributed by atoms with van der Waals surface area (Å²) in [6, 6.07) is 0. The number of hydrogen-bond donors (Lipinski definition) is 18. The van der Waals surface area contributed by atoms with Crippen LogP contribution in [0.5, 0.6) is 0 Å². The van der Waals surface area contributed by atoms with Gasteiger partial charge in [-0.3, -0.25) is 4.79 Å². The average Bonchev–Trinajstić information content (AvgIpc) is 1.41. The van der Waals surface area contributed by atoms with Crippen molar-refractivity contribution < 1.29 is 158 Å². The van der Waals surface area contributed by atoms with Crippen LogP contribution in [0.2, 0.25) is 0 Å². The van der Waals surface area contributed by atoms with Gasteiger partial charge in [0.25, 0.3) is 0 Å². The molecule has 552 valence electrons. The fraction of sp³-hybridized carbons (Fsp3) is 0.953. The van der Waals surface area contributed by atoms with Gasteiger partial charge in [-0.15, -0.1) is 0 Å². The van der Waals surface area contributed by atoms with Crippen molar-refractivity contribution in [1.29, 1.82) is 0 Å². The summed E-state index contributed by atoms with van der Waals surface area (Å²) in [5, 5.41) is 199. The number of carbonyl (C=O) groups excluding carboxylic acids is 1. The Labute approximate surface area is 555 Å². The highest BCUT2D eigenvalue weighted by atomic mass is 16.8. The van der Waals surface area contributed by atoms with Crippen LogP contribution in [0.25, 0.3) is 0 Å². The van der Waals surface area contributed by atoms with Crippen LogP contribution >= 0.6 is 0 Å². The molecule has 1 spiro atoms. The fourth-order valence-corrected chi connectivity index (χ4v) is 18.6. The third-order valence-electron chi connectivity index (χ3n) is 24.7. The first kappa shape index (κ1) is 75.3. The van der Waals surface area contributed by atoms with Crippen LogP contribution in [0.3, 0.4) is 0 Å². The highest BCUT2D eigenvalue weighted by Gasteiger charge is 2.72. The quantitative estimate of drug-likeness (QED) is 0.0536. The summed E-state index contributed by atoms with van der Waals surface area (Å²) in [6.45, 7) is 9.78. The standard InChI is InChI=1S/C64H104O32/c1-8-28(69)30-17-24(2)64(96-30)16-15-62(6)27-9-10-35-60(4,26(27)11-14-63(62,64)7)13-12-36(61(35,5)23-68)91-55-48(82)45(79)41(75)34(90-55)22-85-57-51(38(72)29(70)21-84-57)94-59-53(95-54-47(81)43(77)37(71)25(3)86-54)50(42(76)33(20-67)89-59)92-58-52(46(80)40(74)32(19-66)88-58)93-56-49(83)44(78)39(73)31(18-65)87-56/h24-25,29-59,65-68,70-83H,8-23H2,1-7H3/t24-,25+,29-,30+,31-,32-,33-,34-,35-,36+,37+,38-,39-,40+,41-,42-,43-,44+,45+,46+,47-,48-,49-,50+,51+,52-,53-,54+,55+,56+,57-,58+,59+,60-,61-,62+,63+,64+/m1/s1. The molecule has 38 atom stereocenters. The number of aliphatic hydroxyl groups excluding tert-OH is 18. The van der Waals surface area contributed by atoms with E-state index in [0.717, 1.165) is 32.1 Å². The number of allylic oxidation sites excluding steroid dienone is 2. The Kier molecular flexibility index (Phi) is 22.8. The summed E-state index contributed by atoms with van der Waals surface area (Å²) in [4.78, 5) is 13.1. The number of aliphatic hydroxyl groups is 18. The second-order valence-electron chi connectivity index (χ2n) is 29.7. The number of carbonyl (C=O) groups is 1. The highest BCUT2D eigenvalue weighted by molar-refractivity contribution is 5.83. The van der Waals surface area contributed by atoms with Crippen LogP contribution in [-0.2, 0) is 66.4 Å². The van der Waals surface area contributed by atoms with E-state index in [1.807, 2.05) is 13.8 Å². The number of fused-ring (bicyclic) bond motifs is 5. The third kappa shape index (κ3) is 12.6. The smallest absolute Gasteiger partial charge is 0.187 e. The van der Waals surface area contributed by atoms with E-state index in [1.165, 1.54) is 18.1 Å². The molecule has 0 bridgehead atoms. The molecule has 0 unspecified atom stereocenters. The number of ether oxygens (including phenoxy) is 13. The highest BCUT2D eigenvalue weighted by Crippen LogP contribution is 2.75. The lowest BCUT2D eigenvalue weighted by atomic mass is 9.42. The first-order valence-corrected chi connectivity index (χ1v) is 34.0. The van der Waals surface area contributed by atoms with Gasteiger partial charge in [0.1, 0.15) is 140 Å². The topological polar surface area (TPSA) is 501 Å². The first-order valence-electron chi connectivity index (χ1n) is 34.0.